The monoisotopic (exact) mass is 661 g/mol. The van der Waals surface area contributed by atoms with Crippen LogP contribution < -0.4 is 0 Å². The van der Waals surface area contributed by atoms with Gasteiger partial charge >= 0.3 is 0 Å². The maximum absolute atomic E-state index is 5.18. The van der Waals surface area contributed by atoms with E-state index < -0.39 is 0 Å². The van der Waals surface area contributed by atoms with Gasteiger partial charge in [0.1, 0.15) is 0 Å². The second-order valence-electron chi connectivity index (χ2n) is 13.2. The summed E-state index contributed by atoms with van der Waals surface area (Å²) in [6.07, 6.45) is 0. The molecule has 3 heteroatoms. The Morgan fingerprint density at radius 3 is 1.54 bits per heavy atom. The molecule has 0 bridgehead atoms. The van der Waals surface area contributed by atoms with Crippen molar-refractivity contribution in [3.05, 3.63) is 188 Å². The topological polar surface area (TPSA) is 38.7 Å². The van der Waals surface area contributed by atoms with E-state index in [2.05, 4.69) is 170 Å². The van der Waals surface area contributed by atoms with Crippen LogP contribution in [0.3, 0.4) is 0 Å². The highest BCUT2D eigenvalue weighted by Gasteiger charge is 2.18. The van der Waals surface area contributed by atoms with E-state index in [1.165, 1.54) is 48.7 Å². The van der Waals surface area contributed by atoms with Gasteiger partial charge in [-0.2, -0.15) is 0 Å². The lowest BCUT2D eigenvalue weighted by atomic mass is 9.89. The van der Waals surface area contributed by atoms with Crippen LogP contribution in [0.5, 0.6) is 0 Å². The molecule has 242 valence electrons. The van der Waals surface area contributed by atoms with E-state index in [0.29, 0.717) is 17.5 Å². The van der Waals surface area contributed by atoms with E-state index in [0.717, 1.165) is 33.4 Å². The normalized spacial score (nSPS) is 11.5. The molecule has 3 nitrogen and oxygen atoms in total. The SMILES string of the molecule is c1ccc(-c2nc(-c3ccc(-c4c5ccccc5cc5c4ccc4ccccc45)cc3)nc(-c3ccccc3-c3cccc4ccccc34)n2)cc1. The smallest absolute Gasteiger partial charge is 0.164 e. The third-order valence-electron chi connectivity index (χ3n) is 10.1. The molecule has 0 aliphatic heterocycles. The van der Waals surface area contributed by atoms with E-state index in [1.807, 2.05) is 18.2 Å². The zero-order chi connectivity index (χ0) is 34.4. The van der Waals surface area contributed by atoms with Crippen molar-refractivity contribution in [3.8, 4) is 56.4 Å². The lowest BCUT2D eigenvalue weighted by Gasteiger charge is -2.15. The molecule has 52 heavy (non-hydrogen) atoms. The Bertz CT molecular complexity index is 2940. The Kier molecular flexibility index (Phi) is 7.14. The van der Waals surface area contributed by atoms with E-state index in [-0.39, 0.29) is 0 Å². The molecule has 0 aliphatic rings. The highest BCUT2D eigenvalue weighted by molar-refractivity contribution is 6.20. The highest BCUT2D eigenvalue weighted by Crippen LogP contribution is 2.40. The van der Waals surface area contributed by atoms with Gasteiger partial charge in [0.2, 0.25) is 0 Å². The van der Waals surface area contributed by atoms with Gasteiger partial charge in [-0.15, -0.1) is 0 Å². The molecule has 9 aromatic carbocycles. The van der Waals surface area contributed by atoms with Crippen LogP contribution in [0.15, 0.2) is 188 Å². The van der Waals surface area contributed by atoms with E-state index in [9.17, 15) is 0 Å². The molecule has 1 heterocycles. The molecular weight excluding hydrogens is 631 g/mol. The molecule has 0 fully saturated rings. The number of aromatic nitrogens is 3. The lowest BCUT2D eigenvalue weighted by molar-refractivity contribution is 1.07. The molecule has 0 saturated carbocycles. The summed E-state index contributed by atoms with van der Waals surface area (Å²) in [7, 11) is 0. The number of nitrogens with zero attached hydrogens (tertiary/aromatic N) is 3. The summed E-state index contributed by atoms with van der Waals surface area (Å²) in [5.74, 6) is 1.92. The molecule has 0 N–H and O–H groups in total. The third-order valence-corrected chi connectivity index (χ3v) is 10.1. The first-order valence-electron chi connectivity index (χ1n) is 17.6. The van der Waals surface area contributed by atoms with Crippen LogP contribution in [0.2, 0.25) is 0 Å². The van der Waals surface area contributed by atoms with E-state index in [1.54, 1.807) is 0 Å². The highest BCUT2D eigenvalue weighted by atomic mass is 15.0. The summed E-state index contributed by atoms with van der Waals surface area (Å²) >= 11 is 0. The van der Waals surface area contributed by atoms with Crippen molar-refractivity contribution in [3.63, 3.8) is 0 Å². The quantitative estimate of drug-likeness (QED) is 0.136. The van der Waals surface area contributed by atoms with Crippen LogP contribution >= 0.6 is 0 Å². The Morgan fingerprint density at radius 2 is 0.769 bits per heavy atom. The number of benzene rings is 9. The predicted octanol–water partition coefficient (Wildman–Crippen LogP) is 12.8. The summed E-state index contributed by atoms with van der Waals surface area (Å²) in [6.45, 7) is 0. The van der Waals surface area contributed by atoms with Gasteiger partial charge < -0.3 is 0 Å². The van der Waals surface area contributed by atoms with Crippen LogP contribution in [0.25, 0.3) is 99.5 Å². The van der Waals surface area contributed by atoms with Crippen LogP contribution in [0.1, 0.15) is 0 Å². The molecule has 0 atom stereocenters. The minimum absolute atomic E-state index is 0.636. The Hall–Kier alpha value is -6.97. The van der Waals surface area contributed by atoms with Gasteiger partial charge in [0, 0.05) is 16.7 Å². The average molecular weight is 662 g/mol. The molecule has 0 aliphatic carbocycles. The first-order valence-corrected chi connectivity index (χ1v) is 17.6. The molecule has 0 unspecified atom stereocenters. The minimum atomic E-state index is 0.636. The fourth-order valence-electron chi connectivity index (χ4n) is 7.63. The average Bonchev–Trinajstić information content (AvgIpc) is 3.23. The third kappa shape index (κ3) is 5.10. The molecule has 10 aromatic rings. The number of rotatable bonds is 5. The second kappa shape index (κ2) is 12.4. The maximum atomic E-state index is 5.18. The zero-order valence-corrected chi connectivity index (χ0v) is 28.2. The molecule has 0 amide bonds. The van der Waals surface area contributed by atoms with Gasteiger partial charge in [-0.1, -0.05) is 182 Å². The second-order valence-corrected chi connectivity index (χ2v) is 13.2. The minimum Gasteiger partial charge on any atom is -0.208 e. The molecule has 0 spiro atoms. The van der Waals surface area contributed by atoms with Crippen molar-refractivity contribution < 1.29 is 0 Å². The van der Waals surface area contributed by atoms with Gasteiger partial charge in [0.15, 0.2) is 17.5 Å². The van der Waals surface area contributed by atoms with Crippen molar-refractivity contribution >= 4 is 43.1 Å². The predicted molar refractivity (Wildman–Crippen MR) is 217 cm³/mol. The molecule has 0 saturated heterocycles. The lowest BCUT2D eigenvalue weighted by Crippen LogP contribution is -2.01. The molecular formula is C49H31N3. The Morgan fingerprint density at radius 1 is 0.250 bits per heavy atom. The van der Waals surface area contributed by atoms with Gasteiger partial charge in [0.25, 0.3) is 0 Å². The summed E-state index contributed by atoms with van der Waals surface area (Å²) in [4.78, 5) is 15.3. The Balaban J connectivity index is 1.14. The number of hydrogen-bond acceptors (Lipinski definition) is 3. The zero-order valence-electron chi connectivity index (χ0n) is 28.2. The van der Waals surface area contributed by atoms with Gasteiger partial charge in [-0.25, -0.2) is 15.0 Å². The van der Waals surface area contributed by atoms with Crippen molar-refractivity contribution in [1.82, 2.24) is 15.0 Å². The van der Waals surface area contributed by atoms with E-state index >= 15 is 0 Å². The summed E-state index contributed by atoms with van der Waals surface area (Å²) < 4.78 is 0. The van der Waals surface area contributed by atoms with E-state index in [4.69, 9.17) is 15.0 Å². The number of hydrogen-bond donors (Lipinski definition) is 0. The van der Waals surface area contributed by atoms with Crippen molar-refractivity contribution in [2.24, 2.45) is 0 Å². The summed E-state index contributed by atoms with van der Waals surface area (Å²) in [5.41, 5.74) is 7.46. The number of fused-ring (bicyclic) bond motifs is 5. The first kappa shape index (κ1) is 29.9. The van der Waals surface area contributed by atoms with Crippen LogP contribution in [-0.2, 0) is 0 Å². The fourth-order valence-corrected chi connectivity index (χ4v) is 7.63. The molecule has 0 radical (unpaired) electrons. The summed E-state index contributed by atoms with van der Waals surface area (Å²) in [6, 6.07) is 66.4. The fraction of sp³-hybridized carbons (Fsp3) is 0. The van der Waals surface area contributed by atoms with Crippen molar-refractivity contribution in [1.29, 1.82) is 0 Å². The maximum Gasteiger partial charge on any atom is 0.164 e. The van der Waals surface area contributed by atoms with Gasteiger partial charge in [-0.05, 0) is 71.4 Å². The van der Waals surface area contributed by atoms with Crippen molar-refractivity contribution in [2.45, 2.75) is 0 Å². The largest absolute Gasteiger partial charge is 0.208 e. The first-order chi connectivity index (χ1) is 25.8. The van der Waals surface area contributed by atoms with Gasteiger partial charge in [0.05, 0.1) is 0 Å². The standard InChI is InChI=1S/C49H31N3/c1-2-15-35(16-3-1)47-50-48(52-49(51-47)44-23-11-10-22-42(44)41-24-12-18-32-13-4-7-19-38(32)41)36-27-25-34(26-28-36)46-40-21-9-6-17-37(40)31-45-39-20-8-5-14-33(39)29-30-43(45)46/h1-31H. The van der Waals surface area contributed by atoms with Crippen LogP contribution in [-0.4, -0.2) is 15.0 Å². The Labute approximate surface area is 301 Å². The van der Waals surface area contributed by atoms with Crippen LogP contribution in [0, 0.1) is 0 Å². The van der Waals surface area contributed by atoms with Crippen LogP contribution in [0.4, 0.5) is 0 Å². The molecule has 10 rings (SSSR count). The van der Waals surface area contributed by atoms with Gasteiger partial charge in [-0.3, -0.25) is 0 Å². The van der Waals surface area contributed by atoms with Crippen molar-refractivity contribution in [2.75, 3.05) is 0 Å². The molecule has 1 aromatic heterocycles. The summed E-state index contributed by atoms with van der Waals surface area (Å²) in [5, 5.41) is 9.86.